The van der Waals surface area contributed by atoms with E-state index in [2.05, 4.69) is 17.4 Å². The van der Waals surface area contributed by atoms with Crippen LogP contribution in [0.3, 0.4) is 0 Å². The van der Waals surface area contributed by atoms with Crippen molar-refractivity contribution in [2.75, 3.05) is 19.7 Å². The normalized spacial score (nSPS) is 18.9. The van der Waals surface area contributed by atoms with E-state index < -0.39 is 0 Å². The van der Waals surface area contributed by atoms with Crippen LogP contribution in [-0.4, -0.2) is 36.5 Å². The quantitative estimate of drug-likeness (QED) is 0.867. The van der Waals surface area contributed by atoms with Crippen LogP contribution in [0.25, 0.3) is 0 Å². The lowest BCUT2D eigenvalue weighted by Gasteiger charge is -2.17. The number of benzene rings is 2. The van der Waals surface area contributed by atoms with Crippen LogP contribution in [0.4, 0.5) is 4.39 Å². The number of halogens is 1. The first kappa shape index (κ1) is 17.0. The van der Waals surface area contributed by atoms with Gasteiger partial charge in [-0.25, -0.2) is 4.39 Å². The highest BCUT2D eigenvalue weighted by molar-refractivity contribution is 5.79. The third-order valence-corrected chi connectivity index (χ3v) is 5.15. The molecule has 1 fully saturated rings. The Kier molecular flexibility index (Phi) is 4.89. The Hall–Kier alpha value is -2.40. The first-order valence-corrected chi connectivity index (χ1v) is 9.17. The van der Waals surface area contributed by atoms with Crippen LogP contribution >= 0.6 is 0 Å². The molecule has 2 aromatic carbocycles. The molecule has 1 N–H and O–H groups in total. The molecule has 0 bridgehead atoms. The number of carbonyl (C=O) groups excluding carboxylic acids is 1. The maximum atomic E-state index is 13.0. The van der Waals surface area contributed by atoms with Gasteiger partial charge < -0.3 is 15.0 Å². The van der Waals surface area contributed by atoms with Gasteiger partial charge in [0.1, 0.15) is 11.6 Å². The van der Waals surface area contributed by atoms with Crippen LogP contribution in [0.1, 0.15) is 23.1 Å². The molecule has 1 atom stereocenters. The van der Waals surface area contributed by atoms with Gasteiger partial charge in [-0.1, -0.05) is 24.3 Å². The molecule has 2 aromatic rings. The Morgan fingerprint density at radius 2 is 1.96 bits per heavy atom. The summed E-state index contributed by atoms with van der Waals surface area (Å²) in [4.78, 5) is 14.1. The SMILES string of the molecule is O=C1C[C@@H](NCc2ccc3c(c2)CCO3)CN1CCc1ccc(F)cc1. The van der Waals surface area contributed by atoms with Gasteiger partial charge in [-0.05, 0) is 41.3 Å². The highest BCUT2D eigenvalue weighted by Crippen LogP contribution is 2.26. The molecule has 0 saturated carbocycles. The summed E-state index contributed by atoms with van der Waals surface area (Å²) in [6, 6.07) is 13.0. The first-order valence-electron chi connectivity index (χ1n) is 9.17. The van der Waals surface area contributed by atoms with E-state index in [1.807, 2.05) is 11.0 Å². The molecule has 4 nitrogen and oxygen atoms in total. The molecule has 2 aliphatic heterocycles. The Morgan fingerprint density at radius 1 is 1.15 bits per heavy atom. The smallest absolute Gasteiger partial charge is 0.224 e. The van der Waals surface area contributed by atoms with Crippen molar-refractivity contribution in [1.29, 1.82) is 0 Å². The Balaban J connectivity index is 1.27. The second-order valence-electron chi connectivity index (χ2n) is 7.04. The van der Waals surface area contributed by atoms with Gasteiger partial charge in [-0.2, -0.15) is 0 Å². The number of hydrogen-bond acceptors (Lipinski definition) is 3. The predicted octanol–water partition coefficient (Wildman–Crippen LogP) is 2.69. The standard InChI is InChI=1S/C21H23FN2O2/c22-18-4-1-15(2-5-18)7-9-24-14-19(12-21(24)25)23-13-16-3-6-20-17(11-16)8-10-26-20/h1-6,11,19,23H,7-10,12-14H2/t19-/m1/s1. The largest absolute Gasteiger partial charge is 0.493 e. The molecule has 0 radical (unpaired) electrons. The van der Waals surface area contributed by atoms with E-state index in [1.54, 1.807) is 12.1 Å². The molecule has 136 valence electrons. The van der Waals surface area contributed by atoms with E-state index >= 15 is 0 Å². The topological polar surface area (TPSA) is 41.6 Å². The summed E-state index contributed by atoms with van der Waals surface area (Å²) in [6.07, 6.45) is 2.27. The highest BCUT2D eigenvalue weighted by atomic mass is 19.1. The lowest BCUT2D eigenvalue weighted by Crippen LogP contribution is -2.33. The second-order valence-corrected chi connectivity index (χ2v) is 7.04. The number of amides is 1. The molecule has 0 aliphatic carbocycles. The fourth-order valence-electron chi connectivity index (χ4n) is 3.65. The van der Waals surface area contributed by atoms with Crippen molar-refractivity contribution in [3.05, 3.63) is 65.0 Å². The minimum absolute atomic E-state index is 0.181. The van der Waals surface area contributed by atoms with Crippen molar-refractivity contribution in [3.63, 3.8) is 0 Å². The predicted molar refractivity (Wildman–Crippen MR) is 97.6 cm³/mol. The van der Waals surface area contributed by atoms with E-state index in [1.165, 1.54) is 23.3 Å². The van der Waals surface area contributed by atoms with Crippen molar-refractivity contribution in [2.45, 2.75) is 31.8 Å². The lowest BCUT2D eigenvalue weighted by atomic mass is 10.1. The van der Waals surface area contributed by atoms with Crippen molar-refractivity contribution >= 4 is 5.91 Å². The number of likely N-dealkylation sites (tertiary alicyclic amines) is 1. The molecule has 0 unspecified atom stereocenters. The summed E-state index contributed by atoms with van der Waals surface area (Å²) in [7, 11) is 0. The second kappa shape index (κ2) is 7.46. The minimum atomic E-state index is -0.228. The first-order chi connectivity index (χ1) is 12.7. The molecule has 0 aromatic heterocycles. The van der Waals surface area contributed by atoms with Crippen LogP contribution in [0.5, 0.6) is 5.75 Å². The molecule has 1 saturated heterocycles. The number of nitrogens with zero attached hydrogens (tertiary/aromatic N) is 1. The summed E-state index contributed by atoms with van der Waals surface area (Å²) >= 11 is 0. The molecule has 2 aliphatic rings. The minimum Gasteiger partial charge on any atom is -0.493 e. The van der Waals surface area contributed by atoms with Crippen LogP contribution in [0, 0.1) is 5.82 Å². The molecule has 5 heteroatoms. The average Bonchev–Trinajstić information content (AvgIpc) is 3.25. The number of nitrogens with one attached hydrogen (secondary N) is 1. The van der Waals surface area contributed by atoms with E-state index in [4.69, 9.17) is 4.74 Å². The molecule has 0 spiro atoms. The van der Waals surface area contributed by atoms with Gasteiger partial charge in [0.05, 0.1) is 6.61 Å². The summed E-state index contributed by atoms with van der Waals surface area (Å²) in [5, 5.41) is 3.50. The third-order valence-electron chi connectivity index (χ3n) is 5.15. The van der Waals surface area contributed by atoms with E-state index in [9.17, 15) is 9.18 Å². The van der Waals surface area contributed by atoms with E-state index in [-0.39, 0.29) is 17.8 Å². The summed E-state index contributed by atoms with van der Waals surface area (Å²) in [5.41, 5.74) is 3.55. The van der Waals surface area contributed by atoms with Gasteiger partial charge in [-0.3, -0.25) is 4.79 Å². The number of fused-ring (bicyclic) bond motifs is 1. The van der Waals surface area contributed by atoms with Crippen LogP contribution in [0.15, 0.2) is 42.5 Å². The fourth-order valence-corrected chi connectivity index (χ4v) is 3.65. The Labute approximate surface area is 153 Å². The van der Waals surface area contributed by atoms with Crippen molar-refractivity contribution in [1.82, 2.24) is 10.2 Å². The maximum Gasteiger partial charge on any atom is 0.224 e. The van der Waals surface area contributed by atoms with Crippen LogP contribution in [0.2, 0.25) is 0 Å². The van der Waals surface area contributed by atoms with Crippen LogP contribution < -0.4 is 10.1 Å². The van der Waals surface area contributed by atoms with Crippen molar-refractivity contribution < 1.29 is 13.9 Å². The molecular formula is C21H23FN2O2. The summed E-state index contributed by atoms with van der Waals surface area (Å²) in [5.74, 6) is 0.956. The van der Waals surface area contributed by atoms with Gasteiger partial charge in [0, 0.05) is 38.5 Å². The van der Waals surface area contributed by atoms with Gasteiger partial charge in [-0.15, -0.1) is 0 Å². The molecule has 2 heterocycles. The van der Waals surface area contributed by atoms with Gasteiger partial charge in [0.2, 0.25) is 5.91 Å². The van der Waals surface area contributed by atoms with Crippen molar-refractivity contribution in [2.24, 2.45) is 0 Å². The average molecular weight is 354 g/mol. The Bertz CT molecular complexity index is 791. The molecule has 26 heavy (non-hydrogen) atoms. The lowest BCUT2D eigenvalue weighted by molar-refractivity contribution is -0.127. The van der Waals surface area contributed by atoms with Gasteiger partial charge >= 0.3 is 0 Å². The zero-order valence-corrected chi connectivity index (χ0v) is 14.7. The van der Waals surface area contributed by atoms with Crippen molar-refractivity contribution in [3.8, 4) is 5.75 Å². The highest BCUT2D eigenvalue weighted by Gasteiger charge is 2.28. The molecule has 1 amide bonds. The number of ether oxygens (including phenoxy) is 1. The van der Waals surface area contributed by atoms with E-state index in [0.29, 0.717) is 13.0 Å². The summed E-state index contributed by atoms with van der Waals surface area (Å²) in [6.45, 7) is 2.94. The Morgan fingerprint density at radius 3 is 2.81 bits per heavy atom. The number of carbonyl (C=O) groups is 1. The molecule has 4 rings (SSSR count). The number of rotatable bonds is 6. The zero-order chi connectivity index (χ0) is 17.9. The van der Waals surface area contributed by atoms with Gasteiger partial charge in [0.15, 0.2) is 0 Å². The van der Waals surface area contributed by atoms with E-state index in [0.717, 1.165) is 43.9 Å². The third kappa shape index (κ3) is 3.88. The molecular weight excluding hydrogens is 331 g/mol. The monoisotopic (exact) mass is 354 g/mol. The summed E-state index contributed by atoms with van der Waals surface area (Å²) < 4.78 is 18.5. The van der Waals surface area contributed by atoms with Gasteiger partial charge in [0.25, 0.3) is 0 Å². The maximum absolute atomic E-state index is 13.0. The zero-order valence-electron chi connectivity index (χ0n) is 14.7. The number of hydrogen-bond donors (Lipinski definition) is 1. The van der Waals surface area contributed by atoms with Crippen LogP contribution in [-0.2, 0) is 24.2 Å². The fraction of sp³-hybridized carbons (Fsp3) is 0.381.